The van der Waals surface area contributed by atoms with Crippen molar-refractivity contribution in [3.63, 3.8) is 0 Å². The van der Waals surface area contributed by atoms with Gasteiger partial charge in [0.25, 0.3) is 0 Å². The molecule has 0 bridgehead atoms. The zero-order valence-electron chi connectivity index (χ0n) is 26.1. The zero-order valence-corrected chi connectivity index (χ0v) is 26.9. The smallest absolute Gasteiger partial charge is 0.0540 e. The molecule has 9 aromatic carbocycles. The maximum Gasteiger partial charge on any atom is 0.0540 e. The highest BCUT2D eigenvalue weighted by molar-refractivity contribution is 7.26. The van der Waals surface area contributed by atoms with Crippen LogP contribution >= 0.6 is 11.3 Å². The molecule has 0 aliphatic carbocycles. The number of rotatable bonds is 4. The largest absolute Gasteiger partial charge is 0.310 e. The Balaban J connectivity index is 1.24. The predicted octanol–water partition coefficient (Wildman–Crippen LogP) is 13.8. The van der Waals surface area contributed by atoms with Crippen LogP contribution < -0.4 is 4.90 Å². The van der Waals surface area contributed by atoms with Crippen molar-refractivity contribution in [2.75, 3.05) is 4.90 Å². The molecule has 0 unspecified atom stereocenters. The summed E-state index contributed by atoms with van der Waals surface area (Å²) in [6.07, 6.45) is 0. The van der Waals surface area contributed by atoms with Crippen LogP contribution in [0.5, 0.6) is 0 Å². The molecule has 0 radical (unpaired) electrons. The average molecular weight is 628 g/mol. The Hall–Kier alpha value is -5.96. The molecule has 0 aliphatic rings. The minimum absolute atomic E-state index is 1.13. The summed E-state index contributed by atoms with van der Waals surface area (Å²) < 4.78 is 2.66. The van der Waals surface area contributed by atoms with Gasteiger partial charge >= 0.3 is 0 Å². The molecule has 224 valence electrons. The molecule has 0 saturated carbocycles. The summed E-state index contributed by atoms with van der Waals surface area (Å²) >= 11 is 1.89. The van der Waals surface area contributed by atoms with Gasteiger partial charge in [-0.05, 0) is 79.8 Å². The van der Waals surface area contributed by atoms with Crippen molar-refractivity contribution in [3.8, 4) is 11.1 Å². The van der Waals surface area contributed by atoms with Crippen molar-refractivity contribution in [1.29, 1.82) is 0 Å². The van der Waals surface area contributed by atoms with E-state index in [1.54, 1.807) is 0 Å². The van der Waals surface area contributed by atoms with Crippen LogP contribution in [-0.4, -0.2) is 0 Å². The fourth-order valence-electron chi connectivity index (χ4n) is 7.56. The van der Waals surface area contributed by atoms with Gasteiger partial charge in [-0.2, -0.15) is 0 Å². The van der Waals surface area contributed by atoms with E-state index >= 15 is 0 Å². The maximum absolute atomic E-state index is 2.45. The molecular weight excluding hydrogens is 599 g/mol. The first-order chi connectivity index (χ1) is 23.8. The first kappa shape index (κ1) is 27.2. The van der Waals surface area contributed by atoms with Gasteiger partial charge in [0.05, 0.1) is 5.69 Å². The summed E-state index contributed by atoms with van der Waals surface area (Å²) in [5, 5.41) is 12.8. The first-order valence-electron chi connectivity index (χ1n) is 16.4. The Morgan fingerprint density at radius 1 is 0.354 bits per heavy atom. The van der Waals surface area contributed by atoms with E-state index in [9.17, 15) is 0 Å². The summed E-state index contributed by atoms with van der Waals surface area (Å²) in [7, 11) is 0. The molecule has 0 aliphatic heterocycles. The number of nitrogens with zero attached hydrogens (tertiary/aromatic N) is 1. The van der Waals surface area contributed by atoms with E-state index < -0.39 is 0 Å². The van der Waals surface area contributed by atoms with Crippen LogP contribution in [0.3, 0.4) is 0 Å². The predicted molar refractivity (Wildman–Crippen MR) is 209 cm³/mol. The van der Waals surface area contributed by atoms with E-state index in [0.717, 1.165) is 11.4 Å². The molecule has 10 aromatic rings. The quantitative estimate of drug-likeness (QED) is 0.176. The number of anilines is 3. The van der Waals surface area contributed by atoms with Crippen molar-refractivity contribution in [3.05, 3.63) is 176 Å². The second-order valence-electron chi connectivity index (χ2n) is 12.5. The van der Waals surface area contributed by atoms with Crippen LogP contribution in [0.15, 0.2) is 176 Å². The second-order valence-corrected chi connectivity index (χ2v) is 13.6. The summed E-state index contributed by atoms with van der Waals surface area (Å²) in [4.78, 5) is 2.45. The molecule has 1 heterocycles. The standard InChI is InChI=1S/C46H29NS/c1-2-10-30(11-3-1)33-13-8-14-35(28-33)47(43-18-9-17-41-39(43)26-27-42-40-16-6-7-19-44(40)48-46(41)42)36-24-25-38-34(29-36)23-22-32-21-20-31-12-4-5-15-37(31)45(32)38/h1-29H. The highest BCUT2D eigenvalue weighted by Gasteiger charge is 2.19. The van der Waals surface area contributed by atoms with Gasteiger partial charge < -0.3 is 4.90 Å². The van der Waals surface area contributed by atoms with Gasteiger partial charge in [-0.1, -0.05) is 140 Å². The Bertz CT molecular complexity index is 2850. The third-order valence-electron chi connectivity index (χ3n) is 9.80. The molecule has 2 heteroatoms. The number of hydrogen-bond acceptors (Lipinski definition) is 2. The van der Waals surface area contributed by atoms with Crippen LogP contribution in [0.25, 0.3) is 74.4 Å². The Morgan fingerprint density at radius 2 is 0.979 bits per heavy atom. The van der Waals surface area contributed by atoms with E-state index in [2.05, 4.69) is 181 Å². The fraction of sp³-hybridized carbons (Fsp3) is 0. The van der Waals surface area contributed by atoms with Gasteiger partial charge in [0.2, 0.25) is 0 Å². The third kappa shape index (κ3) is 4.24. The van der Waals surface area contributed by atoms with Gasteiger partial charge in [-0.3, -0.25) is 0 Å². The normalized spacial score (nSPS) is 11.8. The molecule has 0 fully saturated rings. The van der Waals surface area contributed by atoms with Crippen molar-refractivity contribution in [1.82, 2.24) is 0 Å². The second kappa shape index (κ2) is 10.8. The number of fused-ring (bicyclic) bond motifs is 10. The van der Waals surface area contributed by atoms with E-state index in [1.165, 1.54) is 80.1 Å². The van der Waals surface area contributed by atoms with E-state index in [-0.39, 0.29) is 0 Å². The van der Waals surface area contributed by atoms with Gasteiger partial charge in [0.15, 0.2) is 0 Å². The zero-order chi connectivity index (χ0) is 31.6. The number of thiophene rings is 1. The van der Waals surface area contributed by atoms with Gasteiger partial charge in [0.1, 0.15) is 0 Å². The minimum Gasteiger partial charge on any atom is -0.310 e. The van der Waals surface area contributed by atoms with Crippen LogP contribution in [0, 0.1) is 0 Å². The SMILES string of the molecule is c1ccc(-c2cccc(N(c3ccc4c(ccc5ccc6ccccc6c54)c3)c3cccc4c3ccc3c5ccccc5sc43)c2)cc1. The van der Waals surface area contributed by atoms with Crippen molar-refractivity contribution in [2.24, 2.45) is 0 Å². The molecule has 10 rings (SSSR count). The Morgan fingerprint density at radius 3 is 1.90 bits per heavy atom. The van der Waals surface area contributed by atoms with Crippen molar-refractivity contribution < 1.29 is 0 Å². The van der Waals surface area contributed by atoms with Crippen LogP contribution in [-0.2, 0) is 0 Å². The Labute approximate surface area is 282 Å². The highest BCUT2D eigenvalue weighted by Crippen LogP contribution is 2.45. The lowest BCUT2D eigenvalue weighted by Gasteiger charge is -2.28. The van der Waals surface area contributed by atoms with E-state index in [0.29, 0.717) is 0 Å². The molecule has 0 spiro atoms. The van der Waals surface area contributed by atoms with Gasteiger partial charge in [-0.15, -0.1) is 11.3 Å². The first-order valence-corrected chi connectivity index (χ1v) is 17.2. The summed E-state index contributed by atoms with van der Waals surface area (Å²) in [5.41, 5.74) is 5.84. The van der Waals surface area contributed by atoms with E-state index in [4.69, 9.17) is 0 Å². The summed E-state index contributed by atoms with van der Waals surface area (Å²) in [6, 6.07) is 64.5. The number of benzene rings is 9. The van der Waals surface area contributed by atoms with Crippen molar-refractivity contribution in [2.45, 2.75) is 0 Å². The topological polar surface area (TPSA) is 3.24 Å². The van der Waals surface area contributed by atoms with E-state index in [1.807, 2.05) is 11.3 Å². The van der Waals surface area contributed by atoms with Crippen LogP contribution in [0.4, 0.5) is 17.1 Å². The average Bonchev–Trinajstić information content (AvgIpc) is 3.54. The third-order valence-corrected chi connectivity index (χ3v) is 11.0. The fourth-order valence-corrected chi connectivity index (χ4v) is 8.79. The monoisotopic (exact) mass is 627 g/mol. The molecule has 1 nitrogen and oxygen atoms in total. The molecule has 0 amide bonds. The lowest BCUT2D eigenvalue weighted by Crippen LogP contribution is -2.10. The molecule has 1 aromatic heterocycles. The van der Waals surface area contributed by atoms with Crippen LogP contribution in [0.2, 0.25) is 0 Å². The summed E-state index contributed by atoms with van der Waals surface area (Å²) in [5.74, 6) is 0. The highest BCUT2D eigenvalue weighted by atomic mass is 32.1. The number of hydrogen-bond donors (Lipinski definition) is 0. The van der Waals surface area contributed by atoms with Gasteiger partial charge in [0, 0.05) is 42.3 Å². The molecule has 0 N–H and O–H groups in total. The molecule has 48 heavy (non-hydrogen) atoms. The minimum atomic E-state index is 1.13. The lowest BCUT2D eigenvalue weighted by atomic mass is 9.96. The molecular formula is C46H29NS. The summed E-state index contributed by atoms with van der Waals surface area (Å²) in [6.45, 7) is 0. The van der Waals surface area contributed by atoms with Crippen molar-refractivity contribution >= 4 is 91.7 Å². The van der Waals surface area contributed by atoms with Gasteiger partial charge in [-0.25, -0.2) is 0 Å². The Kier molecular flexibility index (Phi) is 6.12. The lowest BCUT2D eigenvalue weighted by molar-refractivity contribution is 1.30. The maximum atomic E-state index is 2.45. The molecule has 0 atom stereocenters. The molecule has 0 saturated heterocycles. The van der Waals surface area contributed by atoms with Crippen LogP contribution in [0.1, 0.15) is 0 Å².